The lowest BCUT2D eigenvalue weighted by molar-refractivity contribution is -0.117. The highest BCUT2D eigenvalue weighted by molar-refractivity contribution is 6.08. The summed E-state index contributed by atoms with van der Waals surface area (Å²) < 4.78 is 7.17. The fraction of sp³-hybridized carbons (Fsp3) is 0.185. The number of methoxy groups -OCH3 is 1. The number of amides is 1. The molecule has 5 rings (SSSR count). The molecule has 1 fully saturated rings. The maximum Gasteiger partial charge on any atom is 0.353 e. The molecule has 6 nitrogen and oxygen atoms in total. The smallest absolute Gasteiger partial charge is 0.353 e. The van der Waals surface area contributed by atoms with Gasteiger partial charge in [0.2, 0.25) is 5.91 Å². The van der Waals surface area contributed by atoms with Crippen molar-refractivity contribution in [2.75, 3.05) is 12.4 Å². The standard InChI is InChI=1S/C27H24N2O4/c1-33-21-9-4-6-17(14-21)16-29-23-11-3-2-10-22(23)24(25(29)27(31)32)19-7-5-8-20(15-19)28-26(30)18-12-13-18/h2-11,14-15,18H,12-13,16H2,1H3,(H,28,30)(H,31,32). The summed E-state index contributed by atoms with van der Waals surface area (Å²) in [6.07, 6.45) is 1.85. The first-order valence-electron chi connectivity index (χ1n) is 10.9. The highest BCUT2D eigenvalue weighted by Crippen LogP contribution is 2.37. The monoisotopic (exact) mass is 440 g/mol. The quantitative estimate of drug-likeness (QED) is 0.403. The molecule has 1 aromatic heterocycles. The number of carboxylic acid groups (broad SMARTS) is 1. The predicted octanol–water partition coefficient (Wildman–Crippen LogP) is 5.41. The van der Waals surface area contributed by atoms with Gasteiger partial charge < -0.3 is 19.7 Å². The Kier molecular flexibility index (Phi) is 5.34. The molecule has 2 N–H and O–H groups in total. The Hall–Kier alpha value is -4.06. The number of nitrogens with one attached hydrogen (secondary N) is 1. The fourth-order valence-electron chi connectivity index (χ4n) is 4.28. The number of aromatic carboxylic acids is 1. The lowest BCUT2D eigenvalue weighted by atomic mass is 10.0. The van der Waals surface area contributed by atoms with E-state index in [9.17, 15) is 14.7 Å². The molecule has 0 radical (unpaired) electrons. The Balaban J connectivity index is 1.64. The van der Waals surface area contributed by atoms with Crippen LogP contribution in [0.15, 0.2) is 72.8 Å². The molecule has 166 valence electrons. The van der Waals surface area contributed by atoms with Crippen LogP contribution in [0.5, 0.6) is 5.75 Å². The van der Waals surface area contributed by atoms with Crippen molar-refractivity contribution >= 4 is 28.5 Å². The summed E-state index contributed by atoms with van der Waals surface area (Å²) in [6, 6.07) is 22.7. The van der Waals surface area contributed by atoms with Crippen molar-refractivity contribution in [1.29, 1.82) is 0 Å². The third kappa shape index (κ3) is 4.07. The van der Waals surface area contributed by atoms with Crippen LogP contribution in [0.1, 0.15) is 28.9 Å². The number of hydrogen-bond donors (Lipinski definition) is 2. The number of rotatable bonds is 7. The van der Waals surface area contributed by atoms with Crippen LogP contribution < -0.4 is 10.1 Å². The van der Waals surface area contributed by atoms with Crippen molar-refractivity contribution in [2.45, 2.75) is 19.4 Å². The van der Waals surface area contributed by atoms with E-state index in [1.54, 1.807) is 7.11 Å². The maximum atomic E-state index is 12.5. The number of carboxylic acids is 1. The fourth-order valence-corrected chi connectivity index (χ4v) is 4.28. The number of benzene rings is 3. The van der Waals surface area contributed by atoms with Crippen molar-refractivity contribution < 1.29 is 19.4 Å². The number of ether oxygens (including phenoxy) is 1. The molecule has 1 amide bonds. The van der Waals surface area contributed by atoms with Gasteiger partial charge in [0.15, 0.2) is 0 Å². The number of anilines is 1. The number of para-hydroxylation sites is 1. The zero-order valence-corrected chi connectivity index (χ0v) is 18.2. The number of carbonyl (C=O) groups excluding carboxylic acids is 1. The van der Waals surface area contributed by atoms with E-state index >= 15 is 0 Å². The van der Waals surface area contributed by atoms with Crippen LogP contribution in [-0.2, 0) is 11.3 Å². The summed E-state index contributed by atoms with van der Waals surface area (Å²) in [7, 11) is 1.61. The van der Waals surface area contributed by atoms with Gasteiger partial charge in [0.25, 0.3) is 0 Å². The molecule has 4 aromatic rings. The second-order valence-corrected chi connectivity index (χ2v) is 8.33. The Morgan fingerprint density at radius 1 is 1.03 bits per heavy atom. The third-order valence-corrected chi connectivity index (χ3v) is 6.02. The molecule has 1 aliphatic rings. The normalized spacial score (nSPS) is 13.1. The van der Waals surface area contributed by atoms with E-state index < -0.39 is 5.97 Å². The van der Waals surface area contributed by atoms with Gasteiger partial charge in [0.1, 0.15) is 11.4 Å². The van der Waals surface area contributed by atoms with Gasteiger partial charge in [0.05, 0.1) is 7.11 Å². The van der Waals surface area contributed by atoms with Crippen LogP contribution in [0, 0.1) is 5.92 Å². The Morgan fingerprint density at radius 3 is 2.58 bits per heavy atom. The zero-order valence-electron chi connectivity index (χ0n) is 18.2. The van der Waals surface area contributed by atoms with E-state index in [2.05, 4.69) is 5.32 Å². The second-order valence-electron chi connectivity index (χ2n) is 8.33. The summed E-state index contributed by atoms with van der Waals surface area (Å²) in [6.45, 7) is 0.386. The molecule has 33 heavy (non-hydrogen) atoms. The number of hydrogen-bond acceptors (Lipinski definition) is 3. The minimum absolute atomic E-state index is 0.0195. The lowest BCUT2D eigenvalue weighted by Gasteiger charge is -2.11. The molecular weight excluding hydrogens is 416 g/mol. The predicted molar refractivity (Wildman–Crippen MR) is 128 cm³/mol. The van der Waals surface area contributed by atoms with E-state index in [4.69, 9.17) is 4.74 Å². The van der Waals surface area contributed by atoms with E-state index in [0.29, 0.717) is 17.8 Å². The van der Waals surface area contributed by atoms with Crippen LogP contribution in [0.4, 0.5) is 5.69 Å². The average molecular weight is 440 g/mol. The van der Waals surface area contributed by atoms with Crippen molar-refractivity contribution in [3.05, 3.63) is 84.1 Å². The van der Waals surface area contributed by atoms with Gasteiger partial charge in [-0.25, -0.2) is 4.79 Å². The van der Waals surface area contributed by atoms with Gasteiger partial charge in [-0.2, -0.15) is 0 Å². The Morgan fingerprint density at radius 2 is 1.82 bits per heavy atom. The number of aromatic nitrogens is 1. The summed E-state index contributed by atoms with van der Waals surface area (Å²) >= 11 is 0. The van der Waals surface area contributed by atoms with E-state index in [0.717, 1.165) is 40.6 Å². The number of fused-ring (bicyclic) bond motifs is 1. The van der Waals surface area contributed by atoms with Crippen molar-refractivity contribution in [3.8, 4) is 16.9 Å². The van der Waals surface area contributed by atoms with Crippen molar-refractivity contribution in [1.82, 2.24) is 4.57 Å². The summed E-state index contributed by atoms with van der Waals surface area (Å²) in [5.41, 5.74) is 4.05. The van der Waals surface area contributed by atoms with Crippen LogP contribution in [0.2, 0.25) is 0 Å². The lowest BCUT2D eigenvalue weighted by Crippen LogP contribution is -2.13. The van der Waals surface area contributed by atoms with Gasteiger partial charge in [0, 0.05) is 34.6 Å². The minimum atomic E-state index is -1.00. The highest BCUT2D eigenvalue weighted by Gasteiger charge is 2.30. The summed E-state index contributed by atoms with van der Waals surface area (Å²) in [5.74, 6) is -0.171. The first-order valence-corrected chi connectivity index (χ1v) is 10.9. The topological polar surface area (TPSA) is 80.6 Å². The van der Waals surface area contributed by atoms with Gasteiger partial charge >= 0.3 is 5.97 Å². The molecule has 0 spiro atoms. The van der Waals surface area contributed by atoms with Crippen LogP contribution in [0.25, 0.3) is 22.0 Å². The molecule has 3 aromatic carbocycles. The molecule has 1 aliphatic carbocycles. The molecule has 0 atom stereocenters. The minimum Gasteiger partial charge on any atom is -0.497 e. The van der Waals surface area contributed by atoms with Crippen LogP contribution in [-0.4, -0.2) is 28.7 Å². The molecule has 6 heteroatoms. The summed E-state index contributed by atoms with van der Waals surface area (Å²) in [5, 5.41) is 14.1. The van der Waals surface area contributed by atoms with Gasteiger partial charge in [-0.3, -0.25) is 4.79 Å². The summed E-state index contributed by atoms with van der Waals surface area (Å²) in [4.78, 5) is 24.8. The van der Waals surface area contributed by atoms with Crippen LogP contribution in [0.3, 0.4) is 0 Å². The Bertz CT molecular complexity index is 1370. The van der Waals surface area contributed by atoms with Gasteiger partial charge in [-0.1, -0.05) is 42.5 Å². The maximum absolute atomic E-state index is 12.5. The average Bonchev–Trinajstić information content (AvgIpc) is 3.63. The highest BCUT2D eigenvalue weighted by atomic mass is 16.5. The molecule has 1 saturated carbocycles. The molecule has 0 saturated heterocycles. The van der Waals surface area contributed by atoms with Gasteiger partial charge in [-0.15, -0.1) is 0 Å². The van der Waals surface area contributed by atoms with E-state index in [-0.39, 0.29) is 17.5 Å². The third-order valence-electron chi connectivity index (χ3n) is 6.02. The van der Waals surface area contributed by atoms with Gasteiger partial charge in [-0.05, 0) is 54.3 Å². The van der Waals surface area contributed by atoms with E-state index in [1.807, 2.05) is 77.4 Å². The molecule has 1 heterocycles. The number of carbonyl (C=O) groups is 2. The second kappa shape index (κ2) is 8.47. The Labute approximate surface area is 191 Å². The molecular formula is C27H24N2O4. The SMILES string of the molecule is COc1cccc(Cn2c(C(=O)O)c(-c3cccc(NC(=O)C4CC4)c3)c3ccccc32)c1. The largest absolute Gasteiger partial charge is 0.497 e. The molecule has 0 bridgehead atoms. The zero-order chi connectivity index (χ0) is 22.9. The number of nitrogens with zero attached hydrogens (tertiary/aromatic N) is 1. The first-order chi connectivity index (χ1) is 16.0. The molecule has 0 unspecified atom stereocenters. The van der Waals surface area contributed by atoms with E-state index in [1.165, 1.54) is 0 Å². The van der Waals surface area contributed by atoms with Crippen molar-refractivity contribution in [3.63, 3.8) is 0 Å². The first kappa shape index (κ1) is 20.8. The van der Waals surface area contributed by atoms with Crippen LogP contribution >= 0.6 is 0 Å². The van der Waals surface area contributed by atoms with Crippen molar-refractivity contribution in [2.24, 2.45) is 5.92 Å². The molecule has 0 aliphatic heterocycles.